The van der Waals surface area contributed by atoms with Gasteiger partial charge in [-0.25, -0.2) is 0 Å². The molecule has 0 aliphatic heterocycles. The van der Waals surface area contributed by atoms with Crippen LogP contribution in [0.4, 0.5) is 0 Å². The van der Waals surface area contributed by atoms with Crippen LogP contribution in [0.1, 0.15) is 0 Å². The van der Waals surface area contributed by atoms with Gasteiger partial charge in [0.2, 0.25) is 20.3 Å². The molecule has 0 aliphatic rings. The Hall–Kier alpha value is 1.31. The van der Waals surface area contributed by atoms with Crippen molar-refractivity contribution in [3.05, 3.63) is 0 Å². The Morgan fingerprint density at radius 3 is 0.455 bits per heavy atom. The first-order valence-electron chi connectivity index (χ1n) is 0.577. The Morgan fingerprint density at radius 2 is 0.455 bits per heavy atom. The Morgan fingerprint density at radius 1 is 0.455 bits per heavy atom. The normalized spacial score (nSPS) is 0.727. The molecule has 11 heteroatoms. The molecule has 0 N–H and O–H groups in total. The van der Waals surface area contributed by atoms with Gasteiger partial charge in [-0.2, -0.15) is 0 Å². The van der Waals surface area contributed by atoms with Crippen molar-refractivity contribution in [1.29, 1.82) is 0 Å². The summed E-state index contributed by atoms with van der Waals surface area (Å²) in [6.45, 7) is 0. The summed E-state index contributed by atoms with van der Waals surface area (Å²) < 4.78 is 16.6. The van der Waals surface area contributed by atoms with Crippen LogP contribution in [0.15, 0.2) is 0 Å². The van der Waals surface area contributed by atoms with E-state index in [2.05, 4.69) is 0 Å². The summed E-state index contributed by atoms with van der Waals surface area (Å²) in [6.07, 6.45) is 0. The standard InChI is InChI=1S/2H2OSi.5O.2Ta/c2*1-2;;;;;;;/h2*2H2;;;;;;;/q;;5*-2;2*+5. The third kappa shape index (κ3) is 568. The quantitative estimate of drug-likeness (QED) is 0.309. The third-order valence-corrected chi connectivity index (χ3v) is 0. The van der Waals surface area contributed by atoms with Crippen molar-refractivity contribution in [2.75, 3.05) is 0 Å². The zero-order valence-corrected chi connectivity index (χ0v) is 14.4. The fourth-order valence-electron chi connectivity index (χ4n) is 0. The second-order valence-corrected chi connectivity index (χ2v) is 0. The second-order valence-electron chi connectivity index (χ2n) is 0. The molecule has 0 saturated heterocycles. The first-order chi connectivity index (χ1) is 2.00. The van der Waals surface area contributed by atoms with E-state index in [0.29, 0.717) is 20.3 Å². The summed E-state index contributed by atoms with van der Waals surface area (Å²) in [5.74, 6) is 0. The molecule has 0 amide bonds. The zero-order valence-electron chi connectivity index (χ0n) is 5.17. The molecule has 0 radical (unpaired) electrons. The van der Waals surface area contributed by atoms with Crippen molar-refractivity contribution in [2.24, 2.45) is 0 Å². The van der Waals surface area contributed by atoms with E-state index in [9.17, 15) is 0 Å². The summed E-state index contributed by atoms with van der Waals surface area (Å²) >= 11 is 0. The van der Waals surface area contributed by atoms with Crippen molar-refractivity contribution in [3.63, 3.8) is 0 Å². The maximum absolute atomic E-state index is 8.28. The maximum Gasteiger partial charge on any atom is 5.00 e. The molecule has 0 aromatic rings. The fraction of sp³-hybridized carbons (Fsp3) is 0. The largest absolute Gasteiger partial charge is 5.00 e. The van der Waals surface area contributed by atoms with E-state index < -0.39 is 0 Å². The second kappa shape index (κ2) is 697. The van der Waals surface area contributed by atoms with Crippen LogP contribution in [0.25, 0.3) is 0 Å². The summed E-state index contributed by atoms with van der Waals surface area (Å²) in [5.41, 5.74) is 0. The molecular formula is H4O7Si2Ta2. The summed E-state index contributed by atoms with van der Waals surface area (Å²) in [5, 5.41) is 0. The predicted molar refractivity (Wildman–Crippen MR) is 21.9 cm³/mol. The molecule has 0 aromatic heterocycles. The van der Waals surface area contributed by atoms with Crippen LogP contribution < -0.4 is 0 Å². The SMILES string of the molecule is O=[SiH2].O=[SiH2].[O-2].[O-2].[O-2].[O-2].[O-2].[Ta+5].[Ta+5]. The van der Waals surface area contributed by atoms with Crippen LogP contribution >= 0.6 is 0 Å². The van der Waals surface area contributed by atoms with Crippen LogP contribution in [0.5, 0.6) is 0 Å². The molecule has 0 spiro atoms. The molecular weight excluding hydrogens is 530 g/mol. The molecule has 0 bridgehead atoms. The smallest absolute Gasteiger partial charge is 2.00 e. The van der Waals surface area contributed by atoms with Crippen molar-refractivity contribution in [3.8, 4) is 0 Å². The minimum Gasteiger partial charge on any atom is -2.00 e. The Labute approximate surface area is 101 Å². The molecule has 7 nitrogen and oxygen atoms in total. The van der Waals surface area contributed by atoms with Gasteiger partial charge in [0.1, 0.15) is 0 Å². The van der Waals surface area contributed by atoms with Crippen molar-refractivity contribution in [2.45, 2.75) is 0 Å². The van der Waals surface area contributed by atoms with Gasteiger partial charge in [-0.3, -0.25) is 0 Å². The molecule has 0 unspecified atom stereocenters. The minimum atomic E-state index is 0. The van der Waals surface area contributed by atoms with Crippen molar-refractivity contribution in [1.82, 2.24) is 0 Å². The van der Waals surface area contributed by atoms with E-state index >= 15 is 0 Å². The van der Waals surface area contributed by atoms with Crippen LogP contribution in [-0.2, 0) is 81.1 Å². The summed E-state index contributed by atoms with van der Waals surface area (Å²) in [4.78, 5) is 0. The van der Waals surface area contributed by atoms with Crippen molar-refractivity contribution < 1.29 is 81.1 Å². The minimum absolute atomic E-state index is 0. The van der Waals surface area contributed by atoms with Crippen LogP contribution in [0, 0.1) is 0 Å². The van der Waals surface area contributed by atoms with Crippen LogP contribution in [0.3, 0.4) is 0 Å². The third-order valence-electron chi connectivity index (χ3n) is 0. The van der Waals surface area contributed by atoms with Gasteiger partial charge >= 0.3 is 44.8 Å². The Bertz CT molecular complexity index is 16.4. The van der Waals surface area contributed by atoms with E-state index in [1.165, 1.54) is 0 Å². The average molecular weight is 534 g/mol. The molecule has 0 atom stereocenters. The Balaban J connectivity index is -0.000000000635. The number of hydrogen-bond donors (Lipinski definition) is 0. The number of rotatable bonds is 0. The van der Waals surface area contributed by atoms with Gasteiger partial charge in [0, 0.05) is 0 Å². The van der Waals surface area contributed by atoms with E-state index in [1.807, 2.05) is 0 Å². The monoisotopic (exact) mass is 534 g/mol. The van der Waals surface area contributed by atoms with Gasteiger partial charge < -0.3 is 36.3 Å². The predicted octanol–water partition coefficient (Wildman–Crippen LogP) is -2.67. The summed E-state index contributed by atoms with van der Waals surface area (Å²) in [6, 6.07) is 0. The van der Waals surface area contributed by atoms with Crippen LogP contribution in [-0.4, -0.2) is 20.3 Å². The van der Waals surface area contributed by atoms with Gasteiger partial charge in [-0.1, -0.05) is 0 Å². The summed E-state index contributed by atoms with van der Waals surface area (Å²) in [7, 11) is 1.22. The Kier molecular flexibility index (Phi) is 9090. The van der Waals surface area contributed by atoms with Crippen molar-refractivity contribution >= 4 is 20.3 Å². The van der Waals surface area contributed by atoms with E-state index in [0.717, 1.165) is 0 Å². The van der Waals surface area contributed by atoms with Gasteiger partial charge in [0.15, 0.2) is 0 Å². The molecule has 0 heterocycles. The first-order valence-corrected chi connectivity index (χ1v) is 1.73. The molecule has 0 aliphatic carbocycles. The number of hydrogen-bond acceptors (Lipinski definition) is 2. The maximum atomic E-state index is 8.28. The molecule has 0 saturated carbocycles. The molecule has 11 heavy (non-hydrogen) atoms. The topological polar surface area (TPSA) is 177 Å². The van der Waals surface area contributed by atoms with E-state index in [1.54, 1.807) is 0 Å². The molecule has 0 fully saturated rings. The van der Waals surface area contributed by atoms with Gasteiger partial charge in [-0.05, 0) is 0 Å². The van der Waals surface area contributed by atoms with E-state index in [4.69, 9.17) is 8.92 Å². The molecule has 0 aromatic carbocycles. The van der Waals surface area contributed by atoms with Gasteiger partial charge in [-0.15, -0.1) is 0 Å². The first kappa shape index (κ1) is 144. The molecule has 0 rings (SSSR count). The average Bonchev–Trinajstić information content (AvgIpc) is 1.50. The van der Waals surface area contributed by atoms with E-state index in [-0.39, 0.29) is 72.1 Å². The van der Waals surface area contributed by atoms with Crippen LogP contribution in [0.2, 0.25) is 0 Å². The molecule has 64 valence electrons. The fourth-order valence-corrected chi connectivity index (χ4v) is 0. The van der Waals surface area contributed by atoms with Gasteiger partial charge in [0.05, 0.1) is 0 Å². The van der Waals surface area contributed by atoms with Gasteiger partial charge in [0.25, 0.3) is 0 Å². The zero-order chi connectivity index (χ0) is 4.00.